The number of hydrogen-bond acceptors (Lipinski definition) is 7. The Labute approximate surface area is 270 Å². The maximum absolute atomic E-state index is 14.1. The van der Waals surface area contributed by atoms with Crippen molar-refractivity contribution in [3.63, 3.8) is 0 Å². The summed E-state index contributed by atoms with van der Waals surface area (Å²) in [4.78, 5) is 67.7. The van der Waals surface area contributed by atoms with Gasteiger partial charge in [-0.15, -0.1) is 0 Å². The van der Waals surface area contributed by atoms with Gasteiger partial charge in [-0.05, 0) is 49.5 Å². The minimum absolute atomic E-state index is 0.0856. The zero-order chi connectivity index (χ0) is 35.3. The molecule has 3 amide bonds. The van der Waals surface area contributed by atoms with Gasteiger partial charge in [-0.2, -0.15) is 0 Å². The predicted molar refractivity (Wildman–Crippen MR) is 159 cm³/mol. The molecule has 3 aromatic rings. The molecule has 4 N–H and O–H groups in total. The van der Waals surface area contributed by atoms with Crippen molar-refractivity contribution in [2.24, 2.45) is 5.92 Å². The predicted octanol–water partition coefficient (Wildman–Crippen LogP) is 3.76. The highest BCUT2D eigenvalue weighted by molar-refractivity contribution is 6.03. The van der Waals surface area contributed by atoms with Gasteiger partial charge in [-0.1, -0.05) is 19.9 Å². The third-order valence-electron chi connectivity index (χ3n) is 7.39. The minimum Gasteiger partial charge on any atom is -0.496 e. The molecule has 1 fully saturated rings. The first-order chi connectivity index (χ1) is 22.7. The molecule has 2 aromatic carbocycles. The molecule has 1 aliphatic rings. The van der Waals surface area contributed by atoms with Gasteiger partial charge in [0.05, 0.1) is 7.11 Å². The molecule has 0 saturated carbocycles. The summed E-state index contributed by atoms with van der Waals surface area (Å²) in [5.41, 5.74) is -1.14. The fourth-order valence-corrected chi connectivity index (χ4v) is 4.99. The Morgan fingerprint density at radius 1 is 0.979 bits per heavy atom. The van der Waals surface area contributed by atoms with Gasteiger partial charge in [0.2, 0.25) is 17.6 Å². The summed E-state index contributed by atoms with van der Waals surface area (Å²) < 4.78 is 78.8. The number of halogens is 5. The molecule has 0 radical (unpaired) electrons. The lowest BCUT2D eigenvalue weighted by atomic mass is 9.99. The van der Waals surface area contributed by atoms with Gasteiger partial charge in [-0.3, -0.25) is 19.2 Å². The second-order valence-electron chi connectivity index (χ2n) is 11.3. The van der Waals surface area contributed by atoms with E-state index >= 15 is 0 Å². The van der Waals surface area contributed by atoms with Crippen LogP contribution in [0.15, 0.2) is 35.9 Å². The molecule has 4 rings (SSSR count). The van der Waals surface area contributed by atoms with E-state index in [1.54, 1.807) is 32.0 Å². The van der Waals surface area contributed by atoms with Crippen LogP contribution in [0.3, 0.4) is 0 Å². The van der Waals surface area contributed by atoms with Crippen molar-refractivity contribution in [2.45, 2.75) is 45.2 Å². The van der Waals surface area contributed by atoms with Crippen LogP contribution in [0.4, 0.5) is 22.0 Å². The molecule has 256 valence electrons. The molecule has 16 heteroatoms. The number of fused-ring (bicyclic) bond motifs is 1. The fraction of sp³-hybridized carbons (Fsp3) is 0.344. The van der Waals surface area contributed by atoms with Crippen molar-refractivity contribution in [1.29, 1.82) is 0 Å². The minimum atomic E-state index is -2.50. The van der Waals surface area contributed by atoms with E-state index < -0.39 is 82.8 Å². The smallest absolute Gasteiger partial charge is 0.344 e. The average molecular weight is 679 g/mol. The summed E-state index contributed by atoms with van der Waals surface area (Å²) in [5.74, 6) is -17.1. The van der Waals surface area contributed by atoms with Crippen LogP contribution in [0.5, 0.6) is 5.75 Å². The number of aromatic nitrogens is 1. The number of benzene rings is 2. The molecule has 11 nitrogen and oxygen atoms in total. The van der Waals surface area contributed by atoms with Gasteiger partial charge < -0.3 is 30.4 Å². The van der Waals surface area contributed by atoms with Crippen LogP contribution < -0.4 is 20.7 Å². The standard InChI is InChI=1S/C32H31F5N4O7/c1-14(2)10-19(41-31(45)20-12-16-17(39-20)7-4-8-22(16)47-3)30(44)40-18(11-15-6-5-9-38-29(15)43)21(42)13-48-32(46)23-24(33)26(35)28(37)27(36)25(23)34/h4,7-8,11-12,14,18-19,39H,5-6,9-10,13H2,1-3H3,(H,38,43)(H,40,44)(H,41,45)/b15-11+/t18-,19-/m0/s1. The third-order valence-corrected chi connectivity index (χ3v) is 7.39. The molecule has 0 aliphatic carbocycles. The highest BCUT2D eigenvalue weighted by atomic mass is 19.2. The van der Waals surface area contributed by atoms with Crippen LogP contribution in [0.25, 0.3) is 10.9 Å². The van der Waals surface area contributed by atoms with E-state index in [2.05, 4.69) is 25.7 Å². The van der Waals surface area contributed by atoms with Crippen molar-refractivity contribution in [1.82, 2.24) is 20.9 Å². The molecule has 1 aliphatic heterocycles. The highest BCUT2D eigenvalue weighted by Crippen LogP contribution is 2.26. The first-order valence-corrected chi connectivity index (χ1v) is 14.7. The first kappa shape index (κ1) is 35.6. The number of hydrogen-bond donors (Lipinski definition) is 4. The zero-order valence-electron chi connectivity index (χ0n) is 25.9. The Hall–Kier alpha value is -5.28. The number of carbonyl (C=O) groups excluding carboxylic acids is 5. The number of aromatic amines is 1. The number of nitrogens with one attached hydrogen (secondary N) is 4. The zero-order valence-corrected chi connectivity index (χ0v) is 25.9. The summed E-state index contributed by atoms with van der Waals surface area (Å²) in [6.07, 6.45) is 1.88. The number of amides is 3. The largest absolute Gasteiger partial charge is 0.496 e. The molecular weight excluding hydrogens is 647 g/mol. The van der Waals surface area contributed by atoms with Crippen LogP contribution in [-0.4, -0.2) is 66.8 Å². The van der Waals surface area contributed by atoms with E-state index in [-0.39, 0.29) is 30.0 Å². The lowest BCUT2D eigenvalue weighted by Crippen LogP contribution is -2.52. The lowest BCUT2D eigenvalue weighted by Gasteiger charge is -2.24. The number of rotatable bonds is 12. The van der Waals surface area contributed by atoms with E-state index in [9.17, 15) is 45.9 Å². The molecule has 48 heavy (non-hydrogen) atoms. The number of Topliss-reactive ketones (excluding diaryl/α,β-unsaturated/α-hetero) is 1. The number of carbonyl (C=O) groups is 5. The molecule has 0 unspecified atom stereocenters. The maximum atomic E-state index is 14.1. The van der Waals surface area contributed by atoms with Crippen molar-refractivity contribution in [3.8, 4) is 5.75 Å². The van der Waals surface area contributed by atoms with Crippen LogP contribution in [0.2, 0.25) is 0 Å². The Balaban J connectivity index is 1.56. The highest BCUT2D eigenvalue weighted by Gasteiger charge is 2.33. The normalized spacial score (nSPS) is 15.2. The van der Waals surface area contributed by atoms with Crippen LogP contribution >= 0.6 is 0 Å². The number of ether oxygens (including phenoxy) is 2. The maximum Gasteiger partial charge on any atom is 0.344 e. The van der Waals surface area contributed by atoms with Gasteiger partial charge in [0.1, 0.15) is 29.1 Å². The van der Waals surface area contributed by atoms with Crippen molar-refractivity contribution in [2.75, 3.05) is 20.3 Å². The van der Waals surface area contributed by atoms with Gasteiger partial charge in [0, 0.05) is 23.0 Å². The van der Waals surface area contributed by atoms with E-state index in [1.807, 2.05) is 0 Å². The molecular formula is C32H31F5N4O7. The molecule has 1 aromatic heterocycles. The van der Waals surface area contributed by atoms with E-state index in [1.165, 1.54) is 13.2 Å². The van der Waals surface area contributed by atoms with Crippen LogP contribution in [0.1, 0.15) is 54.0 Å². The Morgan fingerprint density at radius 3 is 2.27 bits per heavy atom. The molecule has 0 bridgehead atoms. The fourth-order valence-electron chi connectivity index (χ4n) is 4.99. The second kappa shape index (κ2) is 15.1. The quantitative estimate of drug-likeness (QED) is 0.0748. The molecule has 1 saturated heterocycles. The SMILES string of the molecule is COc1cccc2[nH]c(C(=O)N[C@@H](CC(C)C)C(=O)N[C@@H](/C=C3\CCCNC3=O)C(=O)COC(=O)c3c(F)c(F)c(F)c(F)c3F)cc12. The first-order valence-electron chi connectivity index (χ1n) is 14.7. The summed E-state index contributed by atoms with van der Waals surface area (Å²) in [5, 5.41) is 8.20. The van der Waals surface area contributed by atoms with E-state index in [4.69, 9.17) is 4.74 Å². The van der Waals surface area contributed by atoms with Gasteiger partial charge in [-0.25, -0.2) is 26.7 Å². The van der Waals surface area contributed by atoms with Gasteiger partial charge in [0.15, 0.2) is 35.7 Å². The summed E-state index contributed by atoms with van der Waals surface area (Å²) in [6, 6.07) is 3.76. The molecule has 2 heterocycles. The van der Waals surface area contributed by atoms with Crippen molar-refractivity contribution >= 4 is 40.4 Å². The second-order valence-corrected chi connectivity index (χ2v) is 11.3. The van der Waals surface area contributed by atoms with Crippen LogP contribution in [-0.2, 0) is 19.1 Å². The van der Waals surface area contributed by atoms with Crippen molar-refractivity contribution < 1.29 is 55.4 Å². The monoisotopic (exact) mass is 678 g/mol. The third kappa shape index (κ3) is 7.81. The average Bonchev–Trinajstić information content (AvgIpc) is 3.50. The number of esters is 1. The molecule has 2 atom stereocenters. The van der Waals surface area contributed by atoms with E-state index in [0.717, 1.165) is 6.08 Å². The van der Waals surface area contributed by atoms with Gasteiger partial charge >= 0.3 is 5.97 Å². The topological polar surface area (TPSA) is 156 Å². The number of H-pyrrole nitrogens is 1. The van der Waals surface area contributed by atoms with E-state index in [0.29, 0.717) is 29.6 Å². The number of piperidine rings is 1. The summed E-state index contributed by atoms with van der Waals surface area (Å²) >= 11 is 0. The van der Waals surface area contributed by atoms with Crippen molar-refractivity contribution in [3.05, 3.63) is 76.3 Å². The Kier molecular flexibility index (Phi) is 11.2. The Morgan fingerprint density at radius 2 is 1.65 bits per heavy atom. The van der Waals surface area contributed by atoms with Crippen LogP contribution in [0, 0.1) is 35.0 Å². The number of ketones is 1. The Bertz CT molecular complexity index is 1780. The van der Waals surface area contributed by atoms with Gasteiger partial charge in [0.25, 0.3) is 5.91 Å². The lowest BCUT2D eigenvalue weighted by molar-refractivity contribution is -0.129. The molecule has 0 spiro atoms. The number of methoxy groups -OCH3 is 1. The summed E-state index contributed by atoms with van der Waals surface area (Å²) in [7, 11) is 1.47. The summed E-state index contributed by atoms with van der Waals surface area (Å²) in [6.45, 7) is 2.60.